The third kappa shape index (κ3) is 3.74. The molecular weight excluding hydrogens is 358 g/mol. The Bertz CT molecular complexity index is 701. The summed E-state index contributed by atoms with van der Waals surface area (Å²) in [6.45, 7) is 8.68. The van der Waals surface area contributed by atoms with Crippen molar-refractivity contribution < 1.29 is 9.53 Å². The van der Waals surface area contributed by atoms with E-state index in [0.29, 0.717) is 11.7 Å². The van der Waals surface area contributed by atoms with Crippen molar-refractivity contribution in [3.63, 3.8) is 0 Å². The van der Waals surface area contributed by atoms with Gasteiger partial charge in [0.2, 0.25) is 0 Å². The van der Waals surface area contributed by atoms with Gasteiger partial charge in [0.15, 0.2) is 11.4 Å². The van der Waals surface area contributed by atoms with Gasteiger partial charge in [-0.1, -0.05) is 0 Å². The first kappa shape index (κ1) is 18.4. The minimum absolute atomic E-state index is 0.00554. The highest BCUT2D eigenvalue weighted by atomic mass is 32.1. The summed E-state index contributed by atoms with van der Waals surface area (Å²) >= 11 is 6.80. The third-order valence-corrected chi connectivity index (χ3v) is 5.58. The standard InChI is InChI=1S/C16H25N5O2S2/c1-8(2)17-15(24)20-19-14-18-12-11(13(22)21(14)5)9-6-16(3,4)23-7-10(9)25-12/h8,14,18-19H,6-7H2,1-5H3,(H2,17,20,24). The Morgan fingerprint density at radius 3 is 2.88 bits per heavy atom. The molecule has 2 aliphatic rings. The van der Waals surface area contributed by atoms with Crippen molar-refractivity contribution in [3.8, 4) is 0 Å². The lowest BCUT2D eigenvalue weighted by molar-refractivity contribution is -0.0384. The van der Waals surface area contributed by atoms with Crippen LogP contribution in [0.5, 0.6) is 0 Å². The first-order valence-corrected chi connectivity index (χ1v) is 9.54. The van der Waals surface area contributed by atoms with Crippen molar-refractivity contribution in [2.45, 2.75) is 58.7 Å². The van der Waals surface area contributed by atoms with Crippen molar-refractivity contribution in [3.05, 3.63) is 16.0 Å². The minimum Gasteiger partial charge on any atom is -0.370 e. The number of thiophene rings is 1. The quantitative estimate of drug-likeness (QED) is 0.468. The van der Waals surface area contributed by atoms with Crippen LogP contribution in [0.3, 0.4) is 0 Å². The third-order valence-electron chi connectivity index (χ3n) is 4.22. The summed E-state index contributed by atoms with van der Waals surface area (Å²) in [4.78, 5) is 15.7. The van der Waals surface area contributed by atoms with Gasteiger partial charge < -0.3 is 20.3 Å². The van der Waals surface area contributed by atoms with E-state index in [9.17, 15) is 4.79 Å². The first-order chi connectivity index (χ1) is 11.7. The fourth-order valence-electron chi connectivity index (χ4n) is 2.96. The molecule has 7 nitrogen and oxygen atoms in total. The first-order valence-electron chi connectivity index (χ1n) is 8.32. The van der Waals surface area contributed by atoms with Gasteiger partial charge in [-0.15, -0.1) is 11.3 Å². The lowest BCUT2D eigenvalue weighted by Gasteiger charge is -2.35. The average molecular weight is 384 g/mol. The van der Waals surface area contributed by atoms with Gasteiger partial charge in [0.05, 0.1) is 17.8 Å². The van der Waals surface area contributed by atoms with Crippen LogP contribution in [0.2, 0.25) is 0 Å². The second-order valence-electron chi connectivity index (χ2n) is 7.29. The molecule has 0 radical (unpaired) electrons. The molecule has 1 aromatic heterocycles. The summed E-state index contributed by atoms with van der Waals surface area (Å²) < 4.78 is 5.88. The summed E-state index contributed by atoms with van der Waals surface area (Å²) in [5, 5.41) is 7.84. The number of thiocarbonyl (C=S) groups is 1. The van der Waals surface area contributed by atoms with Crippen LogP contribution in [0.25, 0.3) is 0 Å². The molecule has 3 rings (SSSR count). The van der Waals surface area contributed by atoms with Crippen LogP contribution < -0.4 is 21.5 Å². The number of anilines is 1. The molecule has 0 saturated heterocycles. The van der Waals surface area contributed by atoms with E-state index in [1.807, 2.05) is 13.8 Å². The van der Waals surface area contributed by atoms with Crippen molar-refractivity contribution in [2.75, 3.05) is 12.4 Å². The highest BCUT2D eigenvalue weighted by Gasteiger charge is 2.38. The van der Waals surface area contributed by atoms with E-state index < -0.39 is 0 Å². The number of rotatable bonds is 3. The Kier molecular flexibility index (Phi) is 4.93. The maximum Gasteiger partial charge on any atom is 0.259 e. The van der Waals surface area contributed by atoms with Crippen molar-refractivity contribution in [2.24, 2.45) is 0 Å². The molecular formula is C16H25N5O2S2. The van der Waals surface area contributed by atoms with Crippen LogP contribution in [0.4, 0.5) is 5.00 Å². The van der Waals surface area contributed by atoms with Gasteiger partial charge in [-0.3, -0.25) is 10.2 Å². The van der Waals surface area contributed by atoms with E-state index in [4.69, 9.17) is 17.0 Å². The van der Waals surface area contributed by atoms with Gasteiger partial charge in [0, 0.05) is 24.4 Å². The zero-order valence-electron chi connectivity index (χ0n) is 15.1. The van der Waals surface area contributed by atoms with E-state index in [1.54, 1.807) is 23.3 Å². The lowest BCUT2D eigenvalue weighted by Crippen LogP contribution is -2.60. The Hall–Kier alpha value is -1.42. The Morgan fingerprint density at radius 1 is 1.48 bits per heavy atom. The molecule has 0 bridgehead atoms. The number of amides is 1. The molecule has 138 valence electrons. The number of nitrogens with zero attached hydrogens (tertiary/aromatic N) is 1. The summed E-state index contributed by atoms with van der Waals surface area (Å²) in [6, 6.07) is 0.236. The molecule has 25 heavy (non-hydrogen) atoms. The van der Waals surface area contributed by atoms with Gasteiger partial charge in [-0.25, -0.2) is 0 Å². The number of hydrogen-bond acceptors (Lipinski definition) is 6. The van der Waals surface area contributed by atoms with E-state index in [0.717, 1.165) is 27.4 Å². The summed E-state index contributed by atoms with van der Waals surface area (Å²) in [7, 11) is 1.77. The highest BCUT2D eigenvalue weighted by molar-refractivity contribution is 7.80. The van der Waals surface area contributed by atoms with Gasteiger partial charge >= 0.3 is 0 Å². The maximum atomic E-state index is 12.9. The number of carbonyl (C=O) groups is 1. The second-order valence-corrected chi connectivity index (χ2v) is 8.81. The highest BCUT2D eigenvalue weighted by Crippen LogP contribution is 2.42. The number of hydrazine groups is 1. The van der Waals surface area contributed by atoms with Crippen LogP contribution >= 0.6 is 23.6 Å². The molecule has 4 N–H and O–H groups in total. The number of ether oxygens (including phenoxy) is 1. The fourth-order valence-corrected chi connectivity index (χ4v) is 4.40. The van der Waals surface area contributed by atoms with Crippen LogP contribution in [-0.2, 0) is 17.8 Å². The number of nitrogens with one attached hydrogen (secondary N) is 4. The maximum absolute atomic E-state index is 12.9. The van der Waals surface area contributed by atoms with Crippen LogP contribution in [-0.4, -0.2) is 40.9 Å². The van der Waals surface area contributed by atoms with Crippen molar-refractivity contribution in [1.82, 2.24) is 21.1 Å². The summed E-state index contributed by atoms with van der Waals surface area (Å²) in [5.41, 5.74) is 7.64. The van der Waals surface area contributed by atoms with Crippen LogP contribution in [0.15, 0.2) is 0 Å². The Balaban J connectivity index is 1.76. The molecule has 2 aliphatic heterocycles. The van der Waals surface area contributed by atoms with Crippen LogP contribution in [0, 0.1) is 0 Å². The van der Waals surface area contributed by atoms with Crippen LogP contribution in [0.1, 0.15) is 48.5 Å². The number of hydrogen-bond donors (Lipinski definition) is 4. The predicted octanol–water partition coefficient (Wildman–Crippen LogP) is 1.76. The summed E-state index contributed by atoms with van der Waals surface area (Å²) in [6.07, 6.45) is 0.356. The molecule has 1 atom stereocenters. The molecule has 1 amide bonds. The van der Waals surface area contributed by atoms with Gasteiger partial charge in [0.25, 0.3) is 5.91 Å². The normalized spacial score (nSPS) is 21.4. The van der Waals surface area contributed by atoms with E-state index in [-0.39, 0.29) is 23.8 Å². The zero-order chi connectivity index (χ0) is 18.4. The molecule has 9 heteroatoms. The molecule has 1 unspecified atom stereocenters. The molecule has 0 saturated carbocycles. The predicted molar refractivity (Wildman–Crippen MR) is 104 cm³/mol. The Labute approximate surface area is 157 Å². The molecule has 0 fully saturated rings. The van der Waals surface area contributed by atoms with E-state index >= 15 is 0 Å². The van der Waals surface area contributed by atoms with Gasteiger partial charge in [-0.05, 0) is 45.5 Å². The molecule has 0 aliphatic carbocycles. The fraction of sp³-hybridized carbons (Fsp3) is 0.625. The van der Waals surface area contributed by atoms with Gasteiger partial charge in [0.1, 0.15) is 5.00 Å². The molecule has 1 aromatic rings. The molecule has 0 aromatic carbocycles. The van der Waals surface area contributed by atoms with E-state index in [2.05, 4.69) is 35.3 Å². The summed E-state index contributed by atoms with van der Waals surface area (Å²) in [5.74, 6) is 0.00554. The second kappa shape index (κ2) is 6.71. The molecule has 0 spiro atoms. The van der Waals surface area contributed by atoms with E-state index in [1.165, 1.54) is 0 Å². The lowest BCUT2D eigenvalue weighted by atomic mass is 9.92. The topological polar surface area (TPSA) is 77.7 Å². The monoisotopic (exact) mass is 383 g/mol. The van der Waals surface area contributed by atoms with Crippen molar-refractivity contribution in [1.29, 1.82) is 0 Å². The smallest absolute Gasteiger partial charge is 0.259 e. The van der Waals surface area contributed by atoms with Gasteiger partial charge in [-0.2, -0.15) is 5.43 Å². The SMILES string of the molecule is CC(C)NC(=S)NNC1Nc2sc3c(c2C(=O)N1C)CC(C)(C)OC3. The number of carbonyl (C=O) groups excluding carboxylic acids is 1. The minimum atomic E-state index is -0.388. The van der Waals surface area contributed by atoms with Crippen molar-refractivity contribution >= 4 is 39.6 Å². The average Bonchev–Trinajstić information content (AvgIpc) is 2.85. The zero-order valence-corrected chi connectivity index (χ0v) is 16.8. The number of fused-ring (bicyclic) bond motifs is 3. The molecule has 3 heterocycles. The Morgan fingerprint density at radius 2 is 2.20 bits per heavy atom. The largest absolute Gasteiger partial charge is 0.370 e.